The highest BCUT2D eigenvalue weighted by molar-refractivity contribution is 7.10. The number of likely N-dealkylation sites (tertiary alicyclic amines) is 1. The van der Waals surface area contributed by atoms with E-state index in [1.165, 1.54) is 21.6 Å². The molecule has 0 atom stereocenters. The summed E-state index contributed by atoms with van der Waals surface area (Å²) in [5.41, 5.74) is 4.00. The second-order valence-electron chi connectivity index (χ2n) is 8.53. The first-order valence-electron chi connectivity index (χ1n) is 11.3. The van der Waals surface area contributed by atoms with Crippen molar-refractivity contribution in [2.75, 3.05) is 19.6 Å². The molecule has 0 saturated carbocycles. The molecule has 31 heavy (non-hydrogen) atoms. The Morgan fingerprint density at radius 1 is 1.00 bits per heavy atom. The van der Waals surface area contributed by atoms with Crippen molar-refractivity contribution in [2.24, 2.45) is 5.92 Å². The van der Waals surface area contributed by atoms with Gasteiger partial charge in [0.2, 0.25) is 5.91 Å². The Morgan fingerprint density at radius 3 is 2.16 bits per heavy atom. The van der Waals surface area contributed by atoms with Crippen molar-refractivity contribution >= 4 is 17.2 Å². The topological polar surface area (TPSA) is 32.3 Å². The average molecular weight is 433 g/mol. The predicted octanol–water partition coefficient (Wildman–Crippen LogP) is 5.61. The number of aryl methyl sites for hydroxylation is 1. The molecule has 4 rings (SSSR count). The Labute approximate surface area is 190 Å². The maximum absolute atomic E-state index is 12.8. The highest BCUT2D eigenvalue weighted by atomic mass is 32.1. The minimum atomic E-state index is 0.146. The maximum atomic E-state index is 12.8. The van der Waals surface area contributed by atoms with Crippen molar-refractivity contribution in [1.82, 2.24) is 10.2 Å². The Bertz CT molecular complexity index is 906. The molecule has 4 heteroatoms. The standard InChI is InChI=1S/C27H32N2OS/c1-21-15-19-31-26(21)20-29-17-13-24(14-18-29)27(30)28-16-12-25(22-8-4-2-5-9-22)23-10-6-3-7-11-23/h2-11,15,19,24-25H,12-14,16-18,20H2,1H3,(H,28,30). The van der Waals surface area contributed by atoms with Gasteiger partial charge < -0.3 is 5.32 Å². The van der Waals surface area contributed by atoms with Gasteiger partial charge in [-0.1, -0.05) is 60.7 Å². The summed E-state index contributed by atoms with van der Waals surface area (Å²) < 4.78 is 0. The van der Waals surface area contributed by atoms with E-state index in [1.807, 2.05) is 11.3 Å². The normalized spacial score (nSPS) is 15.3. The summed E-state index contributed by atoms with van der Waals surface area (Å²) >= 11 is 1.84. The van der Waals surface area contributed by atoms with Crippen molar-refractivity contribution in [2.45, 2.75) is 38.6 Å². The number of rotatable bonds is 8. The molecule has 3 nitrogen and oxygen atoms in total. The largest absolute Gasteiger partial charge is 0.356 e. The van der Waals surface area contributed by atoms with Crippen LogP contribution in [-0.4, -0.2) is 30.4 Å². The van der Waals surface area contributed by atoms with Crippen LogP contribution in [0.15, 0.2) is 72.1 Å². The number of nitrogens with one attached hydrogen (secondary N) is 1. The van der Waals surface area contributed by atoms with Crippen LogP contribution in [0.2, 0.25) is 0 Å². The van der Waals surface area contributed by atoms with Crippen LogP contribution in [0.1, 0.15) is 46.7 Å². The molecule has 0 aliphatic carbocycles. The van der Waals surface area contributed by atoms with Crippen LogP contribution in [-0.2, 0) is 11.3 Å². The van der Waals surface area contributed by atoms with Crippen molar-refractivity contribution in [3.05, 3.63) is 93.7 Å². The number of amides is 1. The van der Waals surface area contributed by atoms with E-state index in [2.05, 4.69) is 89.3 Å². The molecule has 0 unspecified atom stereocenters. The van der Waals surface area contributed by atoms with Crippen LogP contribution in [0.4, 0.5) is 0 Å². The maximum Gasteiger partial charge on any atom is 0.223 e. The van der Waals surface area contributed by atoms with Crippen LogP contribution in [0, 0.1) is 12.8 Å². The van der Waals surface area contributed by atoms with E-state index < -0.39 is 0 Å². The summed E-state index contributed by atoms with van der Waals surface area (Å²) in [5, 5.41) is 5.41. The highest BCUT2D eigenvalue weighted by Gasteiger charge is 2.25. The van der Waals surface area contributed by atoms with Gasteiger partial charge in [0.1, 0.15) is 0 Å². The lowest BCUT2D eigenvalue weighted by Gasteiger charge is -2.31. The lowest BCUT2D eigenvalue weighted by molar-refractivity contribution is -0.126. The van der Waals surface area contributed by atoms with E-state index in [-0.39, 0.29) is 11.8 Å². The molecule has 1 N–H and O–H groups in total. The second kappa shape index (κ2) is 10.7. The zero-order valence-corrected chi connectivity index (χ0v) is 19.1. The van der Waals surface area contributed by atoms with Gasteiger partial charge in [-0.25, -0.2) is 0 Å². The van der Waals surface area contributed by atoms with Crippen molar-refractivity contribution < 1.29 is 4.79 Å². The Hall–Kier alpha value is -2.43. The molecular weight excluding hydrogens is 400 g/mol. The third-order valence-corrected chi connectivity index (χ3v) is 7.44. The number of carbonyl (C=O) groups excluding carboxylic acids is 1. The van der Waals surface area contributed by atoms with Gasteiger partial charge in [-0.05, 0) is 67.4 Å². The molecule has 1 fully saturated rings. The van der Waals surface area contributed by atoms with E-state index in [0.717, 1.165) is 38.9 Å². The van der Waals surface area contributed by atoms with E-state index in [9.17, 15) is 4.79 Å². The van der Waals surface area contributed by atoms with E-state index >= 15 is 0 Å². The van der Waals surface area contributed by atoms with Gasteiger partial charge in [0.25, 0.3) is 0 Å². The van der Waals surface area contributed by atoms with Crippen LogP contribution < -0.4 is 5.32 Å². The number of piperidine rings is 1. The number of nitrogens with zero attached hydrogens (tertiary/aromatic N) is 1. The van der Waals surface area contributed by atoms with Crippen molar-refractivity contribution in [3.63, 3.8) is 0 Å². The van der Waals surface area contributed by atoms with E-state index in [0.29, 0.717) is 12.5 Å². The second-order valence-corrected chi connectivity index (χ2v) is 9.53. The number of thiophene rings is 1. The Kier molecular flexibility index (Phi) is 7.55. The summed E-state index contributed by atoms with van der Waals surface area (Å²) in [4.78, 5) is 16.7. The zero-order chi connectivity index (χ0) is 21.5. The van der Waals surface area contributed by atoms with Gasteiger partial charge in [-0.3, -0.25) is 9.69 Å². The number of benzene rings is 2. The summed E-state index contributed by atoms with van der Waals surface area (Å²) in [6.45, 7) is 5.93. The summed E-state index contributed by atoms with van der Waals surface area (Å²) in [6.07, 6.45) is 2.82. The van der Waals surface area contributed by atoms with Crippen molar-refractivity contribution in [1.29, 1.82) is 0 Å². The molecule has 2 heterocycles. The quantitative estimate of drug-likeness (QED) is 0.502. The highest BCUT2D eigenvalue weighted by Crippen LogP contribution is 2.28. The third-order valence-electron chi connectivity index (χ3n) is 6.43. The lowest BCUT2D eigenvalue weighted by atomic mass is 9.88. The van der Waals surface area contributed by atoms with Crippen molar-refractivity contribution in [3.8, 4) is 0 Å². The zero-order valence-electron chi connectivity index (χ0n) is 18.3. The first kappa shape index (κ1) is 21.8. The van der Waals surface area contributed by atoms with Gasteiger partial charge in [-0.15, -0.1) is 11.3 Å². The molecule has 1 aliphatic rings. The minimum absolute atomic E-state index is 0.146. The fraction of sp³-hybridized carbons (Fsp3) is 0.370. The van der Waals surface area contributed by atoms with Gasteiger partial charge >= 0.3 is 0 Å². The summed E-state index contributed by atoms with van der Waals surface area (Å²) in [7, 11) is 0. The summed E-state index contributed by atoms with van der Waals surface area (Å²) in [6, 6.07) is 23.4. The molecule has 2 aromatic carbocycles. The van der Waals surface area contributed by atoms with Gasteiger partial charge in [0.15, 0.2) is 0 Å². The van der Waals surface area contributed by atoms with Crippen LogP contribution in [0.25, 0.3) is 0 Å². The molecule has 0 spiro atoms. The molecule has 0 radical (unpaired) electrons. The fourth-order valence-electron chi connectivity index (χ4n) is 4.50. The van der Waals surface area contributed by atoms with E-state index in [4.69, 9.17) is 0 Å². The van der Waals surface area contributed by atoms with Gasteiger partial charge in [-0.2, -0.15) is 0 Å². The SMILES string of the molecule is Cc1ccsc1CN1CCC(C(=O)NCCC(c2ccccc2)c2ccccc2)CC1. The Balaban J connectivity index is 1.27. The smallest absolute Gasteiger partial charge is 0.223 e. The molecule has 162 valence electrons. The first-order chi connectivity index (χ1) is 15.2. The number of hydrogen-bond acceptors (Lipinski definition) is 3. The third kappa shape index (κ3) is 5.84. The van der Waals surface area contributed by atoms with Gasteiger partial charge in [0.05, 0.1) is 0 Å². The molecular formula is C27H32N2OS. The van der Waals surface area contributed by atoms with Crippen LogP contribution >= 0.6 is 11.3 Å². The first-order valence-corrected chi connectivity index (χ1v) is 12.2. The van der Waals surface area contributed by atoms with Gasteiger partial charge in [0, 0.05) is 29.8 Å². The minimum Gasteiger partial charge on any atom is -0.356 e. The predicted molar refractivity (Wildman–Crippen MR) is 129 cm³/mol. The summed E-state index contributed by atoms with van der Waals surface area (Å²) in [5.74, 6) is 0.679. The van der Waals surface area contributed by atoms with Crippen LogP contribution in [0.3, 0.4) is 0 Å². The van der Waals surface area contributed by atoms with E-state index in [1.54, 1.807) is 0 Å². The Morgan fingerprint density at radius 2 is 1.61 bits per heavy atom. The fourth-order valence-corrected chi connectivity index (χ4v) is 5.45. The molecule has 3 aromatic rings. The molecule has 1 saturated heterocycles. The number of hydrogen-bond donors (Lipinski definition) is 1. The molecule has 1 aromatic heterocycles. The molecule has 1 amide bonds. The molecule has 1 aliphatic heterocycles. The van der Waals surface area contributed by atoms with Crippen LogP contribution in [0.5, 0.6) is 0 Å². The molecule has 0 bridgehead atoms. The monoisotopic (exact) mass is 432 g/mol. The average Bonchev–Trinajstić information content (AvgIpc) is 3.22. The lowest BCUT2D eigenvalue weighted by Crippen LogP contribution is -2.40. The number of carbonyl (C=O) groups is 1.